The molecule has 1 aliphatic heterocycles. The van der Waals surface area contributed by atoms with Crippen LogP contribution >= 0.6 is 0 Å². The van der Waals surface area contributed by atoms with Gasteiger partial charge < -0.3 is 16.0 Å². The first-order valence-corrected chi connectivity index (χ1v) is 12.5. The van der Waals surface area contributed by atoms with Gasteiger partial charge in [-0.25, -0.2) is 28.7 Å². The van der Waals surface area contributed by atoms with E-state index in [1.807, 2.05) is 6.20 Å². The first-order valence-electron chi connectivity index (χ1n) is 12.5. The summed E-state index contributed by atoms with van der Waals surface area (Å²) in [5.74, 6) is 0.491. The molecule has 1 atom stereocenters. The minimum atomic E-state index is -0.802. The lowest BCUT2D eigenvalue weighted by atomic mass is 9.80. The second-order valence-electron chi connectivity index (χ2n) is 10.5. The number of anilines is 3. The van der Waals surface area contributed by atoms with Crippen molar-refractivity contribution in [2.45, 2.75) is 45.1 Å². The Bertz CT molecular complexity index is 1470. The van der Waals surface area contributed by atoms with Crippen molar-refractivity contribution in [2.75, 3.05) is 23.7 Å². The van der Waals surface area contributed by atoms with E-state index in [2.05, 4.69) is 44.7 Å². The summed E-state index contributed by atoms with van der Waals surface area (Å²) in [6, 6.07) is 4.54. The standard InChI is InChI=1S/C27H28F2N8/c1-27(2)14-30-7-6-21(27)35-26-23-18(15-3-4-15)12-31-13-20(23)34-24(37-26)16-5-8-32-22(9-16)36-25-19(29)10-17(28)11-33-25/h5,8-13,15,21,30H,3-4,6-7,14H2,1-2H3,(H,32,33,36)(H,34,35,37). The number of rotatable bonds is 6. The molecule has 0 radical (unpaired) electrons. The van der Waals surface area contributed by atoms with E-state index in [4.69, 9.17) is 9.97 Å². The van der Waals surface area contributed by atoms with E-state index >= 15 is 0 Å². The maximum atomic E-state index is 14.1. The molecule has 5 heterocycles. The van der Waals surface area contributed by atoms with Gasteiger partial charge in [0, 0.05) is 42.0 Å². The van der Waals surface area contributed by atoms with E-state index in [0.717, 1.165) is 61.3 Å². The molecule has 10 heteroatoms. The van der Waals surface area contributed by atoms with Gasteiger partial charge in [0.2, 0.25) is 0 Å². The van der Waals surface area contributed by atoms with Gasteiger partial charge in [-0.1, -0.05) is 13.8 Å². The van der Waals surface area contributed by atoms with Gasteiger partial charge in [-0.2, -0.15) is 0 Å². The highest BCUT2D eigenvalue weighted by Gasteiger charge is 2.34. The van der Waals surface area contributed by atoms with Crippen molar-refractivity contribution in [1.82, 2.24) is 30.2 Å². The highest BCUT2D eigenvalue weighted by Crippen LogP contribution is 2.44. The molecule has 4 aromatic rings. The van der Waals surface area contributed by atoms with Crippen LogP contribution in [0.2, 0.25) is 0 Å². The molecule has 6 rings (SSSR count). The second-order valence-corrected chi connectivity index (χ2v) is 10.5. The van der Waals surface area contributed by atoms with Crippen LogP contribution < -0.4 is 16.0 Å². The van der Waals surface area contributed by atoms with E-state index in [0.29, 0.717) is 23.1 Å². The Hall–Kier alpha value is -3.79. The van der Waals surface area contributed by atoms with Crippen LogP contribution in [0.25, 0.3) is 22.3 Å². The number of nitrogens with one attached hydrogen (secondary N) is 3. The van der Waals surface area contributed by atoms with E-state index in [1.165, 1.54) is 5.56 Å². The van der Waals surface area contributed by atoms with Gasteiger partial charge in [-0.05, 0) is 54.8 Å². The van der Waals surface area contributed by atoms with Crippen LogP contribution in [0.3, 0.4) is 0 Å². The van der Waals surface area contributed by atoms with E-state index < -0.39 is 11.6 Å². The molecule has 37 heavy (non-hydrogen) atoms. The van der Waals surface area contributed by atoms with Crippen molar-refractivity contribution >= 4 is 28.4 Å². The van der Waals surface area contributed by atoms with Crippen LogP contribution in [0.1, 0.15) is 44.6 Å². The summed E-state index contributed by atoms with van der Waals surface area (Å²) < 4.78 is 27.4. The third kappa shape index (κ3) is 4.81. The predicted octanol–water partition coefficient (Wildman–Crippen LogP) is 5.18. The Labute approximate surface area is 213 Å². The Morgan fingerprint density at radius 1 is 1.00 bits per heavy atom. The number of fused-ring (bicyclic) bond motifs is 1. The molecule has 0 bridgehead atoms. The second kappa shape index (κ2) is 9.26. The number of hydrogen-bond acceptors (Lipinski definition) is 8. The number of halogens is 2. The number of aromatic nitrogens is 5. The average molecular weight is 503 g/mol. The zero-order valence-corrected chi connectivity index (χ0v) is 20.7. The molecule has 8 nitrogen and oxygen atoms in total. The lowest BCUT2D eigenvalue weighted by molar-refractivity contribution is 0.236. The molecule has 1 saturated carbocycles. The van der Waals surface area contributed by atoms with Gasteiger partial charge in [0.05, 0.1) is 17.9 Å². The molecule has 1 saturated heterocycles. The number of pyridine rings is 3. The molecule has 4 aromatic heterocycles. The molecular formula is C27H28F2N8. The average Bonchev–Trinajstić information content (AvgIpc) is 3.72. The molecule has 190 valence electrons. The van der Waals surface area contributed by atoms with Gasteiger partial charge in [-0.3, -0.25) is 4.98 Å². The van der Waals surface area contributed by atoms with E-state index in [1.54, 1.807) is 24.5 Å². The Morgan fingerprint density at radius 2 is 1.86 bits per heavy atom. The molecule has 2 fully saturated rings. The van der Waals surface area contributed by atoms with Gasteiger partial charge in [0.1, 0.15) is 17.5 Å². The molecule has 1 aliphatic carbocycles. The summed E-state index contributed by atoms with van der Waals surface area (Å²) in [4.78, 5) is 22.4. The van der Waals surface area contributed by atoms with E-state index in [9.17, 15) is 8.78 Å². The molecule has 2 aliphatic rings. The van der Waals surface area contributed by atoms with Gasteiger partial charge in [-0.15, -0.1) is 0 Å². The Balaban J connectivity index is 1.41. The van der Waals surface area contributed by atoms with Crippen molar-refractivity contribution in [2.24, 2.45) is 5.41 Å². The monoisotopic (exact) mass is 502 g/mol. The predicted molar refractivity (Wildman–Crippen MR) is 139 cm³/mol. The zero-order valence-electron chi connectivity index (χ0n) is 20.7. The highest BCUT2D eigenvalue weighted by molar-refractivity contribution is 5.93. The maximum absolute atomic E-state index is 14.1. The minimum absolute atomic E-state index is 0.0441. The maximum Gasteiger partial charge on any atom is 0.168 e. The molecular weight excluding hydrogens is 474 g/mol. The molecule has 0 spiro atoms. The van der Waals surface area contributed by atoms with Crippen molar-refractivity contribution in [3.63, 3.8) is 0 Å². The van der Waals surface area contributed by atoms with Crippen LogP contribution in [-0.2, 0) is 0 Å². The third-order valence-corrected chi connectivity index (χ3v) is 7.17. The van der Waals surface area contributed by atoms with Crippen molar-refractivity contribution in [3.8, 4) is 11.4 Å². The fourth-order valence-electron chi connectivity index (χ4n) is 4.92. The molecule has 0 amide bonds. The lowest BCUT2D eigenvalue weighted by Crippen LogP contribution is -2.49. The van der Waals surface area contributed by atoms with Crippen LogP contribution in [0.4, 0.5) is 26.2 Å². The summed E-state index contributed by atoms with van der Waals surface area (Å²) in [6.45, 7) is 6.38. The first-order chi connectivity index (χ1) is 17.9. The number of nitrogens with zero attached hydrogens (tertiary/aromatic N) is 5. The van der Waals surface area contributed by atoms with Crippen LogP contribution in [0, 0.1) is 17.0 Å². The van der Waals surface area contributed by atoms with Crippen molar-refractivity contribution in [3.05, 3.63) is 60.2 Å². The van der Waals surface area contributed by atoms with Crippen LogP contribution in [-0.4, -0.2) is 44.1 Å². The van der Waals surface area contributed by atoms with E-state index in [-0.39, 0.29) is 17.3 Å². The Morgan fingerprint density at radius 3 is 2.65 bits per heavy atom. The molecule has 3 N–H and O–H groups in total. The smallest absolute Gasteiger partial charge is 0.168 e. The zero-order chi connectivity index (χ0) is 25.6. The van der Waals surface area contributed by atoms with Gasteiger partial charge in [0.15, 0.2) is 17.5 Å². The summed E-state index contributed by atoms with van der Waals surface area (Å²) >= 11 is 0. The molecule has 1 unspecified atom stereocenters. The summed E-state index contributed by atoms with van der Waals surface area (Å²) in [5, 5.41) is 11.1. The summed E-state index contributed by atoms with van der Waals surface area (Å²) in [5.41, 5.74) is 2.71. The Kier molecular flexibility index (Phi) is 5.91. The fraction of sp³-hybridized carbons (Fsp3) is 0.370. The van der Waals surface area contributed by atoms with Crippen LogP contribution in [0.5, 0.6) is 0 Å². The first kappa shape index (κ1) is 23.6. The van der Waals surface area contributed by atoms with Crippen molar-refractivity contribution in [1.29, 1.82) is 0 Å². The third-order valence-electron chi connectivity index (χ3n) is 7.17. The minimum Gasteiger partial charge on any atom is -0.366 e. The highest BCUT2D eigenvalue weighted by atomic mass is 19.1. The number of hydrogen-bond donors (Lipinski definition) is 3. The van der Waals surface area contributed by atoms with Gasteiger partial charge >= 0.3 is 0 Å². The molecule has 0 aromatic carbocycles. The topological polar surface area (TPSA) is 101 Å². The SMILES string of the molecule is CC1(C)CNCCC1Nc1nc(-c2ccnc(Nc3ncc(F)cc3F)c2)nc2cncc(C3CC3)c12. The van der Waals surface area contributed by atoms with Crippen molar-refractivity contribution < 1.29 is 8.78 Å². The quantitative estimate of drug-likeness (QED) is 0.332. The normalized spacial score (nSPS) is 19.1. The fourth-order valence-corrected chi connectivity index (χ4v) is 4.92. The lowest BCUT2D eigenvalue weighted by Gasteiger charge is -2.40. The summed E-state index contributed by atoms with van der Waals surface area (Å²) in [7, 11) is 0. The summed E-state index contributed by atoms with van der Waals surface area (Å²) in [6.07, 6.45) is 9.55. The largest absolute Gasteiger partial charge is 0.366 e. The van der Waals surface area contributed by atoms with Gasteiger partial charge in [0.25, 0.3) is 0 Å². The van der Waals surface area contributed by atoms with Crippen LogP contribution in [0.15, 0.2) is 43.0 Å². The number of piperidine rings is 1.